The lowest BCUT2D eigenvalue weighted by Gasteiger charge is -2.28. The van der Waals surface area contributed by atoms with E-state index >= 15 is 0 Å². The highest BCUT2D eigenvalue weighted by Crippen LogP contribution is 2.13. The zero-order chi connectivity index (χ0) is 21.1. The van der Waals surface area contributed by atoms with Crippen molar-refractivity contribution >= 4 is 11.8 Å². The van der Waals surface area contributed by atoms with Crippen molar-refractivity contribution in [3.8, 4) is 5.75 Å². The van der Waals surface area contributed by atoms with Gasteiger partial charge in [-0.25, -0.2) is 0 Å². The molecule has 1 atom stereocenters. The molecule has 0 bridgehead atoms. The number of carbonyl (C=O) groups is 2. The molecule has 0 saturated heterocycles. The molecule has 2 aromatic carbocycles. The van der Waals surface area contributed by atoms with E-state index in [9.17, 15) is 9.59 Å². The highest BCUT2D eigenvalue weighted by atomic mass is 16.5. The molecule has 0 aliphatic rings. The van der Waals surface area contributed by atoms with Gasteiger partial charge in [0.1, 0.15) is 11.8 Å². The Labute approximate surface area is 174 Å². The van der Waals surface area contributed by atoms with Crippen LogP contribution in [0.5, 0.6) is 5.75 Å². The largest absolute Gasteiger partial charge is 0.484 e. The fourth-order valence-electron chi connectivity index (χ4n) is 3.04. The lowest BCUT2D eigenvalue weighted by molar-refractivity contribution is -0.141. The van der Waals surface area contributed by atoms with Crippen LogP contribution in [0.1, 0.15) is 37.8 Å². The van der Waals surface area contributed by atoms with Crippen molar-refractivity contribution < 1.29 is 14.3 Å². The third kappa shape index (κ3) is 7.60. The Kier molecular flexibility index (Phi) is 9.22. The highest BCUT2D eigenvalue weighted by molar-refractivity contribution is 5.87. The van der Waals surface area contributed by atoms with Gasteiger partial charge >= 0.3 is 0 Å². The van der Waals surface area contributed by atoms with E-state index in [-0.39, 0.29) is 18.4 Å². The SMILES string of the molecule is CCCCNC(=O)[C@@H](C)N(CCc1ccccc1)C(=O)COc1cccc(C)c1. The molecular formula is C24H32N2O3. The van der Waals surface area contributed by atoms with Crippen LogP contribution in [0.3, 0.4) is 0 Å². The molecule has 0 unspecified atom stereocenters. The number of unbranched alkanes of at least 4 members (excludes halogenated alkanes) is 1. The van der Waals surface area contributed by atoms with Crippen molar-refractivity contribution in [3.63, 3.8) is 0 Å². The van der Waals surface area contributed by atoms with Gasteiger partial charge in [0, 0.05) is 13.1 Å². The summed E-state index contributed by atoms with van der Waals surface area (Å²) < 4.78 is 5.69. The number of rotatable bonds is 11. The predicted molar refractivity (Wildman–Crippen MR) is 116 cm³/mol. The molecule has 0 heterocycles. The molecule has 0 spiro atoms. The van der Waals surface area contributed by atoms with Gasteiger partial charge in [0.25, 0.3) is 5.91 Å². The molecule has 0 aromatic heterocycles. The Morgan fingerprint density at radius 3 is 2.55 bits per heavy atom. The Bertz CT molecular complexity index is 777. The van der Waals surface area contributed by atoms with Gasteiger partial charge in [-0.3, -0.25) is 9.59 Å². The first-order valence-corrected chi connectivity index (χ1v) is 10.3. The number of nitrogens with one attached hydrogen (secondary N) is 1. The molecule has 5 heteroatoms. The topological polar surface area (TPSA) is 58.6 Å². The van der Waals surface area contributed by atoms with E-state index < -0.39 is 6.04 Å². The standard InChI is InChI=1S/C24H32N2O3/c1-4-5-15-25-24(28)20(3)26(16-14-21-11-7-6-8-12-21)23(27)18-29-22-13-9-10-19(2)17-22/h6-13,17,20H,4-5,14-16,18H2,1-3H3,(H,25,28)/t20-/m1/s1. The van der Waals surface area contributed by atoms with Crippen LogP contribution in [0, 0.1) is 6.92 Å². The molecule has 156 valence electrons. The van der Waals surface area contributed by atoms with Crippen molar-refractivity contribution in [2.75, 3.05) is 19.7 Å². The second-order valence-electron chi connectivity index (χ2n) is 7.25. The summed E-state index contributed by atoms with van der Waals surface area (Å²) in [6, 6.07) is 17.0. The van der Waals surface area contributed by atoms with Gasteiger partial charge in [0.2, 0.25) is 5.91 Å². The van der Waals surface area contributed by atoms with Crippen molar-refractivity contribution in [1.82, 2.24) is 10.2 Å². The van der Waals surface area contributed by atoms with Crippen molar-refractivity contribution in [2.24, 2.45) is 0 Å². The van der Waals surface area contributed by atoms with Crippen LogP contribution in [0.4, 0.5) is 0 Å². The monoisotopic (exact) mass is 396 g/mol. The lowest BCUT2D eigenvalue weighted by Crippen LogP contribution is -2.50. The molecule has 0 fully saturated rings. The first kappa shape index (κ1) is 22.5. The third-order valence-corrected chi connectivity index (χ3v) is 4.83. The Balaban J connectivity index is 2.03. The van der Waals surface area contributed by atoms with Gasteiger partial charge in [0.05, 0.1) is 0 Å². The lowest BCUT2D eigenvalue weighted by atomic mass is 10.1. The molecule has 0 aliphatic carbocycles. The quantitative estimate of drug-likeness (QED) is 0.589. The Hall–Kier alpha value is -2.82. The van der Waals surface area contributed by atoms with Crippen LogP contribution in [0.25, 0.3) is 0 Å². The Morgan fingerprint density at radius 1 is 1.10 bits per heavy atom. The van der Waals surface area contributed by atoms with Crippen LogP contribution in [0.15, 0.2) is 54.6 Å². The number of hydrogen-bond donors (Lipinski definition) is 1. The second-order valence-corrected chi connectivity index (χ2v) is 7.25. The van der Waals surface area contributed by atoms with Crippen LogP contribution >= 0.6 is 0 Å². The molecule has 2 rings (SSSR count). The summed E-state index contributed by atoms with van der Waals surface area (Å²) in [6.07, 6.45) is 2.62. The highest BCUT2D eigenvalue weighted by Gasteiger charge is 2.25. The number of carbonyl (C=O) groups excluding carboxylic acids is 2. The van der Waals surface area contributed by atoms with Crippen LogP contribution in [-0.2, 0) is 16.0 Å². The number of aryl methyl sites for hydroxylation is 1. The smallest absolute Gasteiger partial charge is 0.261 e. The van der Waals surface area contributed by atoms with E-state index in [2.05, 4.69) is 12.2 Å². The fraction of sp³-hybridized carbons (Fsp3) is 0.417. The third-order valence-electron chi connectivity index (χ3n) is 4.83. The van der Waals surface area contributed by atoms with E-state index in [1.165, 1.54) is 0 Å². The zero-order valence-corrected chi connectivity index (χ0v) is 17.7. The van der Waals surface area contributed by atoms with Crippen molar-refractivity contribution in [1.29, 1.82) is 0 Å². The maximum absolute atomic E-state index is 12.9. The first-order chi connectivity index (χ1) is 14.0. The maximum Gasteiger partial charge on any atom is 0.261 e. The molecule has 0 radical (unpaired) electrons. The maximum atomic E-state index is 12.9. The first-order valence-electron chi connectivity index (χ1n) is 10.3. The number of hydrogen-bond acceptors (Lipinski definition) is 3. The van der Waals surface area contributed by atoms with Crippen molar-refractivity contribution in [2.45, 2.75) is 46.1 Å². The summed E-state index contributed by atoms with van der Waals surface area (Å²) in [5, 5.41) is 2.92. The minimum absolute atomic E-state index is 0.0924. The summed E-state index contributed by atoms with van der Waals surface area (Å²) >= 11 is 0. The van der Waals surface area contributed by atoms with E-state index in [0.29, 0.717) is 25.3 Å². The summed E-state index contributed by atoms with van der Waals surface area (Å²) in [7, 11) is 0. The number of amides is 2. The molecule has 0 saturated carbocycles. The fourth-order valence-corrected chi connectivity index (χ4v) is 3.04. The van der Waals surface area contributed by atoms with Gasteiger partial charge in [-0.2, -0.15) is 0 Å². The normalized spacial score (nSPS) is 11.6. The second kappa shape index (κ2) is 11.9. The van der Waals surface area contributed by atoms with Crippen LogP contribution < -0.4 is 10.1 Å². The molecule has 5 nitrogen and oxygen atoms in total. The number of nitrogens with zero attached hydrogens (tertiary/aromatic N) is 1. The summed E-state index contributed by atoms with van der Waals surface area (Å²) in [5.41, 5.74) is 2.20. The van der Waals surface area contributed by atoms with Gasteiger partial charge in [0.15, 0.2) is 6.61 Å². The van der Waals surface area contributed by atoms with Crippen LogP contribution in [-0.4, -0.2) is 42.5 Å². The van der Waals surface area contributed by atoms with E-state index in [1.807, 2.05) is 61.5 Å². The molecule has 29 heavy (non-hydrogen) atoms. The molecule has 2 amide bonds. The summed E-state index contributed by atoms with van der Waals surface area (Å²) in [5.74, 6) is 0.331. The minimum Gasteiger partial charge on any atom is -0.484 e. The summed E-state index contributed by atoms with van der Waals surface area (Å²) in [6.45, 7) is 6.82. The van der Waals surface area contributed by atoms with E-state index in [4.69, 9.17) is 4.74 Å². The molecule has 0 aliphatic heterocycles. The molecular weight excluding hydrogens is 364 g/mol. The average Bonchev–Trinajstić information content (AvgIpc) is 2.73. The van der Waals surface area contributed by atoms with Gasteiger partial charge in [-0.05, 0) is 49.9 Å². The van der Waals surface area contributed by atoms with Gasteiger partial charge < -0.3 is 15.0 Å². The van der Waals surface area contributed by atoms with Gasteiger partial charge in [-0.1, -0.05) is 55.8 Å². The molecule has 1 N–H and O–H groups in total. The number of ether oxygens (including phenoxy) is 1. The predicted octanol–water partition coefficient (Wildman–Crippen LogP) is 3.75. The van der Waals surface area contributed by atoms with Crippen molar-refractivity contribution in [3.05, 3.63) is 65.7 Å². The van der Waals surface area contributed by atoms with Gasteiger partial charge in [-0.15, -0.1) is 0 Å². The zero-order valence-electron chi connectivity index (χ0n) is 17.7. The van der Waals surface area contributed by atoms with E-state index in [0.717, 1.165) is 24.0 Å². The average molecular weight is 397 g/mol. The minimum atomic E-state index is -0.552. The number of benzene rings is 2. The summed E-state index contributed by atoms with van der Waals surface area (Å²) in [4.78, 5) is 27.1. The van der Waals surface area contributed by atoms with Crippen LogP contribution in [0.2, 0.25) is 0 Å². The Morgan fingerprint density at radius 2 is 1.86 bits per heavy atom. The molecule has 2 aromatic rings. The van der Waals surface area contributed by atoms with E-state index in [1.54, 1.807) is 11.8 Å².